The normalized spacial score (nSPS) is 14.7. The lowest BCUT2D eigenvalue weighted by Gasteiger charge is -2.14. The van der Waals surface area contributed by atoms with E-state index in [0.29, 0.717) is 11.9 Å². The second kappa shape index (κ2) is 4.56. The summed E-state index contributed by atoms with van der Waals surface area (Å²) in [5, 5.41) is 4.21. The average Bonchev–Trinajstić information content (AvgIpc) is 3.11. The molecule has 0 atom stereocenters. The van der Waals surface area contributed by atoms with Crippen molar-refractivity contribution >= 4 is 21.7 Å². The number of benzene rings is 1. The largest absolute Gasteiger partial charge is 0.489 e. The molecule has 19 heavy (non-hydrogen) atoms. The van der Waals surface area contributed by atoms with Gasteiger partial charge in [-0.15, -0.1) is 0 Å². The van der Waals surface area contributed by atoms with Crippen molar-refractivity contribution in [3.63, 3.8) is 0 Å². The van der Waals surface area contributed by atoms with Gasteiger partial charge in [-0.25, -0.2) is 0 Å². The Kier molecular flexibility index (Phi) is 3.01. The van der Waals surface area contributed by atoms with Crippen molar-refractivity contribution in [3.8, 4) is 16.9 Å². The Balaban J connectivity index is 2.14. The van der Waals surface area contributed by atoms with Crippen molar-refractivity contribution in [1.29, 1.82) is 0 Å². The molecular weight excluding hydrogens is 306 g/mol. The summed E-state index contributed by atoms with van der Waals surface area (Å²) in [6.45, 7) is 2.06. The molecule has 100 valence electrons. The predicted molar refractivity (Wildman–Crippen MR) is 79.1 cm³/mol. The number of nitrogen functional groups attached to an aromatic ring is 1. The Morgan fingerprint density at radius 2 is 2.11 bits per heavy atom. The van der Waals surface area contributed by atoms with E-state index >= 15 is 0 Å². The van der Waals surface area contributed by atoms with E-state index in [4.69, 9.17) is 10.5 Å². The monoisotopic (exact) mass is 321 g/mol. The smallest absolute Gasteiger partial charge is 0.141 e. The van der Waals surface area contributed by atoms with Crippen LogP contribution in [0.2, 0.25) is 0 Å². The molecule has 1 aliphatic carbocycles. The fourth-order valence-electron chi connectivity index (χ4n) is 2.06. The molecule has 2 aromatic rings. The van der Waals surface area contributed by atoms with Crippen LogP contribution in [0.3, 0.4) is 0 Å². The van der Waals surface area contributed by atoms with Crippen LogP contribution in [0.1, 0.15) is 18.4 Å². The number of hydrogen-bond acceptors (Lipinski definition) is 3. The summed E-state index contributed by atoms with van der Waals surface area (Å²) >= 11 is 3.59. The van der Waals surface area contributed by atoms with Crippen molar-refractivity contribution in [1.82, 2.24) is 9.78 Å². The van der Waals surface area contributed by atoms with Gasteiger partial charge in [0.1, 0.15) is 11.6 Å². The van der Waals surface area contributed by atoms with E-state index in [1.165, 1.54) is 0 Å². The maximum Gasteiger partial charge on any atom is 0.141 e. The first-order valence-corrected chi connectivity index (χ1v) is 7.10. The number of nitrogens with zero attached hydrogens (tertiary/aromatic N) is 2. The zero-order chi connectivity index (χ0) is 13.6. The number of hydrogen-bond donors (Lipinski definition) is 1. The van der Waals surface area contributed by atoms with Crippen LogP contribution in [-0.2, 0) is 7.05 Å². The molecule has 0 saturated heterocycles. The second-order valence-electron chi connectivity index (χ2n) is 5.01. The lowest BCUT2D eigenvalue weighted by Crippen LogP contribution is -2.01. The van der Waals surface area contributed by atoms with Crippen molar-refractivity contribution in [2.45, 2.75) is 25.9 Å². The minimum absolute atomic E-state index is 0.343. The van der Waals surface area contributed by atoms with Crippen LogP contribution >= 0.6 is 15.9 Å². The molecule has 0 radical (unpaired) electrons. The van der Waals surface area contributed by atoms with Gasteiger partial charge >= 0.3 is 0 Å². The van der Waals surface area contributed by atoms with E-state index in [-0.39, 0.29) is 0 Å². The molecule has 2 N–H and O–H groups in total. The third-order valence-electron chi connectivity index (χ3n) is 3.27. The summed E-state index contributed by atoms with van der Waals surface area (Å²) in [6, 6.07) is 4.16. The van der Waals surface area contributed by atoms with Gasteiger partial charge in [-0.05, 0) is 53.4 Å². The fourth-order valence-corrected chi connectivity index (χ4v) is 2.72. The predicted octanol–water partition coefficient (Wildman–Crippen LogP) is 3.28. The Morgan fingerprint density at radius 3 is 2.68 bits per heavy atom. The Hall–Kier alpha value is -1.49. The zero-order valence-electron chi connectivity index (χ0n) is 11.0. The molecule has 1 fully saturated rings. The molecule has 1 aliphatic rings. The Labute approximate surface area is 120 Å². The van der Waals surface area contributed by atoms with Crippen LogP contribution in [0.15, 0.2) is 22.8 Å². The van der Waals surface area contributed by atoms with Gasteiger partial charge in [0, 0.05) is 18.2 Å². The van der Waals surface area contributed by atoms with E-state index in [1.54, 1.807) is 10.9 Å². The molecule has 0 bridgehead atoms. The first-order valence-electron chi connectivity index (χ1n) is 6.31. The highest BCUT2D eigenvalue weighted by Crippen LogP contribution is 2.42. The third kappa shape index (κ3) is 2.34. The topological polar surface area (TPSA) is 53.1 Å². The van der Waals surface area contributed by atoms with E-state index in [2.05, 4.69) is 40.1 Å². The van der Waals surface area contributed by atoms with Gasteiger partial charge in [0.2, 0.25) is 0 Å². The maximum atomic E-state index is 6.08. The van der Waals surface area contributed by atoms with Crippen molar-refractivity contribution < 1.29 is 4.74 Å². The number of halogens is 1. The molecule has 0 amide bonds. The number of ether oxygens (including phenoxy) is 1. The molecule has 0 unspecified atom stereocenters. The number of nitrogens with two attached hydrogens (primary N) is 1. The number of aromatic nitrogens is 2. The lowest BCUT2D eigenvalue weighted by atomic mass is 10.0. The van der Waals surface area contributed by atoms with Gasteiger partial charge in [-0.2, -0.15) is 5.10 Å². The molecule has 4 nitrogen and oxygen atoms in total. The Morgan fingerprint density at radius 1 is 1.37 bits per heavy atom. The van der Waals surface area contributed by atoms with Crippen LogP contribution in [-0.4, -0.2) is 15.9 Å². The van der Waals surface area contributed by atoms with Crippen LogP contribution in [0.5, 0.6) is 5.75 Å². The lowest BCUT2D eigenvalue weighted by molar-refractivity contribution is 0.302. The highest BCUT2D eigenvalue weighted by molar-refractivity contribution is 9.10. The maximum absolute atomic E-state index is 6.08. The standard InChI is InChI=1S/C14H16BrN3O/c1-8-5-10(11-7-17-18(2)14(11)16)13(12(15)6-8)19-9-3-4-9/h5-7,9H,3-4,16H2,1-2H3. The highest BCUT2D eigenvalue weighted by Gasteiger charge is 2.26. The third-order valence-corrected chi connectivity index (χ3v) is 3.86. The first kappa shape index (κ1) is 12.5. The van der Waals surface area contributed by atoms with E-state index < -0.39 is 0 Å². The number of anilines is 1. The van der Waals surface area contributed by atoms with E-state index in [9.17, 15) is 0 Å². The molecule has 1 aromatic heterocycles. The first-order chi connectivity index (χ1) is 9.06. The molecule has 3 rings (SSSR count). The molecule has 0 spiro atoms. The quantitative estimate of drug-likeness (QED) is 0.943. The van der Waals surface area contributed by atoms with Crippen molar-refractivity contribution in [2.75, 3.05) is 5.73 Å². The summed E-state index contributed by atoms with van der Waals surface area (Å²) in [5.41, 5.74) is 9.16. The van der Waals surface area contributed by atoms with Gasteiger partial charge in [0.15, 0.2) is 0 Å². The van der Waals surface area contributed by atoms with Gasteiger partial charge in [-0.3, -0.25) is 4.68 Å². The van der Waals surface area contributed by atoms with Crippen LogP contribution in [0.25, 0.3) is 11.1 Å². The molecule has 0 aliphatic heterocycles. The molecule has 5 heteroatoms. The fraction of sp³-hybridized carbons (Fsp3) is 0.357. The van der Waals surface area contributed by atoms with Gasteiger partial charge in [0.25, 0.3) is 0 Å². The molecule has 1 heterocycles. The highest BCUT2D eigenvalue weighted by atomic mass is 79.9. The molecular formula is C14H16BrN3O. The molecule has 1 saturated carbocycles. The number of aryl methyl sites for hydroxylation is 2. The molecule has 1 aromatic carbocycles. The Bertz CT molecular complexity index is 632. The van der Waals surface area contributed by atoms with Crippen LogP contribution < -0.4 is 10.5 Å². The van der Waals surface area contributed by atoms with E-state index in [1.807, 2.05) is 7.05 Å². The van der Waals surface area contributed by atoms with E-state index in [0.717, 1.165) is 39.8 Å². The summed E-state index contributed by atoms with van der Waals surface area (Å²) < 4.78 is 8.66. The van der Waals surface area contributed by atoms with Gasteiger partial charge in [0.05, 0.1) is 16.8 Å². The summed E-state index contributed by atoms with van der Waals surface area (Å²) in [6.07, 6.45) is 4.39. The minimum Gasteiger partial charge on any atom is -0.489 e. The van der Waals surface area contributed by atoms with Gasteiger partial charge in [-0.1, -0.05) is 0 Å². The minimum atomic E-state index is 0.343. The summed E-state index contributed by atoms with van der Waals surface area (Å²) in [7, 11) is 1.84. The van der Waals surface area contributed by atoms with Crippen molar-refractivity contribution in [3.05, 3.63) is 28.4 Å². The van der Waals surface area contributed by atoms with Crippen molar-refractivity contribution in [2.24, 2.45) is 7.05 Å². The number of rotatable bonds is 3. The second-order valence-corrected chi connectivity index (χ2v) is 5.86. The summed E-state index contributed by atoms with van der Waals surface area (Å²) in [5.74, 6) is 1.52. The van der Waals surface area contributed by atoms with Gasteiger partial charge < -0.3 is 10.5 Å². The van der Waals surface area contributed by atoms with Crippen LogP contribution in [0, 0.1) is 6.92 Å². The SMILES string of the molecule is Cc1cc(Br)c(OC2CC2)c(-c2cnn(C)c2N)c1. The van der Waals surface area contributed by atoms with Crippen LogP contribution in [0.4, 0.5) is 5.82 Å². The zero-order valence-corrected chi connectivity index (χ0v) is 12.6. The average molecular weight is 322 g/mol. The summed E-state index contributed by atoms with van der Waals surface area (Å²) in [4.78, 5) is 0.